The van der Waals surface area contributed by atoms with Crippen LogP contribution < -0.4 is 14.1 Å². The van der Waals surface area contributed by atoms with Crippen molar-refractivity contribution < 1.29 is 22.6 Å². The number of amides is 1. The first kappa shape index (κ1) is 29.6. The van der Waals surface area contributed by atoms with Gasteiger partial charge in [-0.1, -0.05) is 32.4 Å². The second kappa shape index (κ2) is 11.4. The van der Waals surface area contributed by atoms with Crippen molar-refractivity contribution >= 4 is 27.5 Å². The maximum Gasteiger partial charge on any atom is 0.272 e. The molecule has 41 heavy (non-hydrogen) atoms. The quantitative estimate of drug-likeness (QED) is 0.218. The van der Waals surface area contributed by atoms with Crippen LogP contribution in [0.2, 0.25) is 5.15 Å². The maximum atomic E-state index is 13.1. The van der Waals surface area contributed by atoms with Crippen molar-refractivity contribution in [3.8, 4) is 11.7 Å². The lowest BCUT2D eigenvalue weighted by Crippen LogP contribution is -2.39. The second-order valence-electron chi connectivity index (χ2n) is 12.7. The fraction of sp³-hybridized carbons (Fsp3) is 0.586. The van der Waals surface area contributed by atoms with E-state index in [2.05, 4.69) is 40.7 Å². The summed E-state index contributed by atoms with van der Waals surface area (Å²) < 4.78 is 37.4. The summed E-state index contributed by atoms with van der Waals surface area (Å²) in [6.45, 7) is 9.89. The summed E-state index contributed by atoms with van der Waals surface area (Å²) >= 11 is 6.31. The van der Waals surface area contributed by atoms with Crippen molar-refractivity contribution in [3.63, 3.8) is 0 Å². The third-order valence-corrected chi connectivity index (χ3v) is 10.4. The molecule has 2 saturated carbocycles. The molecule has 1 unspecified atom stereocenters. The SMILES string of the molecule is Cc1c(S(=O)(=O)NC(=O)c2ccc(-n3ccc(OCCC4(C)CC4)n3)nc2Cl)c[nH][n+]1CCCC1CCC(C)(C)C1. The normalized spacial score (nSPS) is 19.3. The van der Waals surface area contributed by atoms with Gasteiger partial charge in [-0.15, -0.1) is 9.78 Å². The molecular weight excluding hydrogens is 564 g/mol. The lowest BCUT2D eigenvalue weighted by Gasteiger charge is -2.16. The summed E-state index contributed by atoms with van der Waals surface area (Å²) in [6, 6.07) is 4.72. The molecule has 3 aromatic heterocycles. The van der Waals surface area contributed by atoms with Crippen molar-refractivity contribution in [2.45, 2.75) is 90.5 Å². The number of carbonyl (C=O) groups is 1. The van der Waals surface area contributed by atoms with Gasteiger partial charge in [0.25, 0.3) is 15.9 Å². The van der Waals surface area contributed by atoms with Gasteiger partial charge in [0, 0.05) is 25.6 Å². The molecule has 3 aromatic rings. The van der Waals surface area contributed by atoms with Crippen LogP contribution in [-0.2, 0) is 16.6 Å². The molecule has 1 amide bonds. The average molecular weight is 604 g/mol. The van der Waals surface area contributed by atoms with E-state index in [-0.39, 0.29) is 15.6 Å². The zero-order valence-corrected chi connectivity index (χ0v) is 25.8. The Balaban J connectivity index is 1.18. The van der Waals surface area contributed by atoms with E-state index >= 15 is 0 Å². The van der Waals surface area contributed by atoms with Gasteiger partial charge in [0.1, 0.15) is 5.15 Å². The first-order chi connectivity index (χ1) is 19.3. The van der Waals surface area contributed by atoms with E-state index in [1.54, 1.807) is 25.3 Å². The van der Waals surface area contributed by atoms with Crippen LogP contribution in [0.15, 0.2) is 35.5 Å². The van der Waals surface area contributed by atoms with E-state index in [1.807, 2.05) is 4.68 Å². The minimum Gasteiger partial charge on any atom is -0.477 e. The molecule has 3 heterocycles. The van der Waals surface area contributed by atoms with Crippen LogP contribution in [-0.4, -0.2) is 40.8 Å². The van der Waals surface area contributed by atoms with Crippen LogP contribution in [0, 0.1) is 23.7 Å². The molecule has 0 aliphatic heterocycles. The summed E-state index contributed by atoms with van der Waals surface area (Å²) in [5.74, 6) is 0.712. The molecular formula is C29H40ClN6O4S+. The second-order valence-corrected chi connectivity index (χ2v) is 14.7. The molecule has 5 rings (SSSR count). The summed E-state index contributed by atoms with van der Waals surface area (Å²) in [5.41, 5.74) is 1.30. The Hall–Kier alpha value is -2.92. The molecule has 2 N–H and O–H groups in total. The van der Waals surface area contributed by atoms with E-state index in [0.29, 0.717) is 41.4 Å². The number of hydrogen-bond acceptors (Lipinski definition) is 6. The zero-order valence-electron chi connectivity index (χ0n) is 24.2. The van der Waals surface area contributed by atoms with E-state index < -0.39 is 15.9 Å². The molecule has 2 aliphatic rings. The summed E-state index contributed by atoms with van der Waals surface area (Å²) in [5, 5.41) is 7.26. The lowest BCUT2D eigenvalue weighted by atomic mass is 9.89. The number of carbonyl (C=O) groups excluding carboxylic acids is 1. The summed E-state index contributed by atoms with van der Waals surface area (Å²) in [7, 11) is -4.14. The molecule has 0 spiro atoms. The smallest absolute Gasteiger partial charge is 0.272 e. The summed E-state index contributed by atoms with van der Waals surface area (Å²) in [6.07, 6.45) is 12.4. The number of halogens is 1. The van der Waals surface area contributed by atoms with Crippen molar-refractivity contribution in [2.24, 2.45) is 16.7 Å². The van der Waals surface area contributed by atoms with Crippen molar-refractivity contribution in [2.75, 3.05) is 6.61 Å². The van der Waals surface area contributed by atoms with Gasteiger partial charge < -0.3 is 4.74 Å². The van der Waals surface area contributed by atoms with Crippen molar-refractivity contribution in [3.05, 3.63) is 47.0 Å². The highest BCUT2D eigenvalue weighted by Gasteiger charge is 2.36. The highest BCUT2D eigenvalue weighted by Crippen LogP contribution is 2.48. The van der Waals surface area contributed by atoms with Crippen LogP contribution in [0.5, 0.6) is 5.88 Å². The first-order valence-corrected chi connectivity index (χ1v) is 16.2. The highest BCUT2D eigenvalue weighted by molar-refractivity contribution is 7.90. The number of pyridine rings is 1. The third kappa shape index (κ3) is 7.12. The zero-order chi connectivity index (χ0) is 29.4. The fourth-order valence-corrected chi connectivity index (χ4v) is 7.08. The number of ether oxygens (including phenoxy) is 1. The highest BCUT2D eigenvalue weighted by atomic mass is 35.5. The monoisotopic (exact) mass is 603 g/mol. The van der Waals surface area contributed by atoms with Gasteiger partial charge in [0.05, 0.1) is 18.4 Å². The first-order valence-electron chi connectivity index (χ1n) is 14.3. The van der Waals surface area contributed by atoms with Gasteiger partial charge in [0.2, 0.25) is 11.6 Å². The summed E-state index contributed by atoms with van der Waals surface area (Å²) in [4.78, 5) is 17.2. The number of hydrogen-bond donors (Lipinski definition) is 2. The molecule has 1 atom stereocenters. The number of aromatic amines is 1. The van der Waals surface area contributed by atoms with E-state index in [1.165, 1.54) is 49.0 Å². The van der Waals surface area contributed by atoms with E-state index in [9.17, 15) is 13.2 Å². The Morgan fingerprint density at radius 1 is 1.24 bits per heavy atom. The predicted octanol–water partition coefficient (Wildman–Crippen LogP) is 5.14. The molecule has 0 aromatic carbocycles. The Morgan fingerprint density at radius 2 is 2.02 bits per heavy atom. The standard InChI is InChI=1S/C29H39ClN6O4S/c1-20-23(19-31-35(20)15-5-6-21-9-11-28(2,3)18-21)41(38,39)34-27(37)22-7-8-24(32-26(22)30)36-16-10-25(33-36)40-17-14-29(4)12-13-29/h7-8,10,16,19,21H,5-6,9,11-15,17-18H2,1-4H3,(H,34,37)/p+1. The average Bonchev–Trinajstić information content (AvgIpc) is 3.21. The number of sulfonamides is 1. The van der Waals surface area contributed by atoms with Crippen molar-refractivity contribution in [1.29, 1.82) is 0 Å². The number of nitrogens with one attached hydrogen (secondary N) is 2. The Labute approximate surface area is 246 Å². The van der Waals surface area contributed by atoms with Gasteiger partial charge in [-0.3, -0.25) is 4.79 Å². The topological polar surface area (TPSA) is 123 Å². The Bertz CT molecular complexity index is 1530. The van der Waals surface area contributed by atoms with Gasteiger partial charge >= 0.3 is 0 Å². The molecule has 12 heteroatoms. The molecule has 2 aliphatic carbocycles. The molecule has 2 fully saturated rings. The predicted molar refractivity (Wildman–Crippen MR) is 155 cm³/mol. The van der Waals surface area contributed by atoms with Gasteiger partial charge in [-0.25, -0.2) is 22.8 Å². The van der Waals surface area contributed by atoms with Crippen LogP contribution in [0.3, 0.4) is 0 Å². The minimum absolute atomic E-state index is 0.0216. The molecule has 222 valence electrons. The van der Waals surface area contributed by atoms with E-state index in [0.717, 1.165) is 25.2 Å². The van der Waals surface area contributed by atoms with Crippen molar-refractivity contribution in [1.82, 2.24) is 24.6 Å². The van der Waals surface area contributed by atoms with Crippen LogP contribution in [0.1, 0.15) is 88.2 Å². The molecule has 10 nitrogen and oxygen atoms in total. The van der Waals surface area contributed by atoms with Gasteiger partial charge in [0.15, 0.2) is 17.3 Å². The fourth-order valence-electron chi connectivity index (χ4n) is 5.67. The lowest BCUT2D eigenvalue weighted by molar-refractivity contribution is -0.756. The number of H-pyrrole nitrogens is 1. The maximum absolute atomic E-state index is 13.1. The number of aryl methyl sites for hydroxylation is 1. The molecule has 0 radical (unpaired) electrons. The van der Waals surface area contributed by atoms with Crippen LogP contribution >= 0.6 is 11.6 Å². The van der Waals surface area contributed by atoms with Crippen LogP contribution in [0.25, 0.3) is 5.82 Å². The minimum atomic E-state index is -4.14. The molecule has 0 bridgehead atoms. The van der Waals surface area contributed by atoms with Gasteiger partial charge in [-0.2, -0.15) is 5.10 Å². The Morgan fingerprint density at radius 3 is 2.71 bits per heavy atom. The molecule has 0 saturated heterocycles. The van der Waals surface area contributed by atoms with E-state index in [4.69, 9.17) is 16.3 Å². The van der Waals surface area contributed by atoms with Crippen LogP contribution in [0.4, 0.5) is 0 Å². The van der Waals surface area contributed by atoms with Gasteiger partial charge in [-0.05, 0) is 73.8 Å². The largest absolute Gasteiger partial charge is 0.477 e. The number of rotatable bonds is 12. The third-order valence-electron chi connectivity index (χ3n) is 8.63. The Kier molecular flexibility index (Phi) is 8.22. The number of nitrogens with zero attached hydrogens (tertiary/aromatic N) is 4. The number of aromatic nitrogens is 5.